The van der Waals surface area contributed by atoms with Crippen molar-refractivity contribution in [1.29, 1.82) is 0 Å². The fourth-order valence-electron chi connectivity index (χ4n) is 5.50. The van der Waals surface area contributed by atoms with E-state index in [2.05, 4.69) is 36.5 Å². The molecule has 11 nitrogen and oxygen atoms in total. The molecule has 0 spiro atoms. The number of aromatic nitrogens is 2. The lowest BCUT2D eigenvalue weighted by atomic mass is 9.81. The Bertz CT molecular complexity index is 1550. The lowest BCUT2D eigenvalue weighted by molar-refractivity contribution is -0.131. The van der Waals surface area contributed by atoms with E-state index in [4.69, 9.17) is 15.2 Å². The first kappa shape index (κ1) is 34.8. The van der Waals surface area contributed by atoms with Gasteiger partial charge in [0.1, 0.15) is 24.1 Å². The third kappa shape index (κ3) is 10.2. The number of hydrogen-bond acceptors (Lipinski definition) is 8. The number of aromatic amines is 1. The molecule has 1 fully saturated rings. The third-order valence-electron chi connectivity index (χ3n) is 8.32. The van der Waals surface area contributed by atoms with E-state index in [0.717, 1.165) is 52.7 Å². The Morgan fingerprint density at radius 1 is 1.04 bits per heavy atom. The van der Waals surface area contributed by atoms with E-state index in [1.54, 1.807) is 31.2 Å². The van der Waals surface area contributed by atoms with Crippen molar-refractivity contribution in [2.75, 3.05) is 13.1 Å². The van der Waals surface area contributed by atoms with E-state index in [9.17, 15) is 19.2 Å². The van der Waals surface area contributed by atoms with Crippen LogP contribution in [-0.4, -0.2) is 47.1 Å². The van der Waals surface area contributed by atoms with Gasteiger partial charge in [0, 0.05) is 34.6 Å². The van der Waals surface area contributed by atoms with Crippen molar-refractivity contribution in [1.82, 2.24) is 20.6 Å². The highest BCUT2D eigenvalue weighted by molar-refractivity contribution is 9.10. The van der Waals surface area contributed by atoms with Gasteiger partial charge in [-0.25, -0.2) is 4.79 Å². The van der Waals surface area contributed by atoms with Crippen LogP contribution in [0.1, 0.15) is 60.3 Å². The minimum absolute atomic E-state index is 0.0577. The van der Waals surface area contributed by atoms with Gasteiger partial charge >= 0.3 is 6.16 Å². The van der Waals surface area contributed by atoms with Gasteiger partial charge in [-0.3, -0.25) is 19.4 Å². The van der Waals surface area contributed by atoms with Crippen LogP contribution in [0.5, 0.6) is 5.75 Å². The average Bonchev–Trinajstić information content (AvgIpc) is 3.05. The highest BCUT2D eigenvalue weighted by Crippen LogP contribution is 2.28. The summed E-state index contributed by atoms with van der Waals surface area (Å²) < 4.78 is 11.4. The van der Waals surface area contributed by atoms with Crippen LogP contribution in [0.3, 0.4) is 0 Å². The van der Waals surface area contributed by atoms with E-state index >= 15 is 0 Å². The maximum atomic E-state index is 13.4. The Morgan fingerprint density at radius 2 is 1.76 bits per heavy atom. The molecular formula is C34H42BrN5O6. The van der Waals surface area contributed by atoms with Crippen LogP contribution in [-0.2, 0) is 33.8 Å². The first-order valence-corrected chi connectivity index (χ1v) is 16.4. The molecule has 3 aromatic rings. The second kappa shape index (κ2) is 17.0. The van der Waals surface area contributed by atoms with E-state index in [-0.39, 0.29) is 36.3 Å². The van der Waals surface area contributed by atoms with Gasteiger partial charge in [-0.2, -0.15) is 0 Å². The molecule has 1 aliphatic carbocycles. The van der Waals surface area contributed by atoms with E-state index in [1.807, 2.05) is 31.2 Å². The van der Waals surface area contributed by atoms with Gasteiger partial charge in [0.15, 0.2) is 0 Å². The summed E-state index contributed by atoms with van der Waals surface area (Å²) in [4.78, 5) is 57.9. The van der Waals surface area contributed by atoms with Crippen LogP contribution in [0.2, 0.25) is 0 Å². The zero-order valence-electron chi connectivity index (χ0n) is 26.3. The lowest BCUT2D eigenvalue weighted by Gasteiger charge is -2.28. The van der Waals surface area contributed by atoms with Crippen LogP contribution in [0.4, 0.5) is 4.79 Å². The first-order chi connectivity index (χ1) is 22.1. The molecule has 246 valence electrons. The molecule has 0 aliphatic heterocycles. The fraction of sp³-hybridized carbons (Fsp3) is 0.441. The maximum Gasteiger partial charge on any atom is 0.514 e. The van der Waals surface area contributed by atoms with Crippen LogP contribution < -0.4 is 26.7 Å². The summed E-state index contributed by atoms with van der Waals surface area (Å²) >= 11 is 3.42. The van der Waals surface area contributed by atoms with E-state index in [1.165, 1.54) is 0 Å². The molecule has 1 unspecified atom stereocenters. The molecule has 0 bridgehead atoms. The Labute approximate surface area is 277 Å². The van der Waals surface area contributed by atoms with Gasteiger partial charge in [0.2, 0.25) is 11.8 Å². The van der Waals surface area contributed by atoms with Gasteiger partial charge < -0.3 is 30.8 Å². The van der Waals surface area contributed by atoms with Gasteiger partial charge in [-0.1, -0.05) is 46.3 Å². The number of aryl methyl sites for hydroxylation is 3. The zero-order chi connectivity index (χ0) is 33.1. The summed E-state index contributed by atoms with van der Waals surface area (Å²) in [6.07, 6.45) is 3.82. The Balaban J connectivity index is 1.34. The molecular weight excluding hydrogens is 654 g/mol. The summed E-state index contributed by atoms with van der Waals surface area (Å²) in [5.74, 6) is 0.130. The molecule has 2 amide bonds. The molecule has 1 atom stereocenters. The van der Waals surface area contributed by atoms with Gasteiger partial charge in [0.05, 0.1) is 5.69 Å². The van der Waals surface area contributed by atoms with Gasteiger partial charge in [0.25, 0.3) is 5.56 Å². The minimum Gasteiger partial charge on any atom is -0.429 e. The minimum atomic E-state index is -0.835. The number of rotatable bonds is 13. The van der Waals surface area contributed by atoms with Crippen molar-refractivity contribution >= 4 is 33.9 Å². The number of hydrogen-bond donors (Lipinski definition) is 4. The van der Waals surface area contributed by atoms with Crippen molar-refractivity contribution in [3.8, 4) is 5.75 Å². The normalized spacial score (nSPS) is 16.7. The second-order valence-corrected chi connectivity index (χ2v) is 12.6. The smallest absolute Gasteiger partial charge is 0.429 e. The van der Waals surface area contributed by atoms with Crippen molar-refractivity contribution in [2.24, 2.45) is 17.6 Å². The summed E-state index contributed by atoms with van der Waals surface area (Å²) in [5, 5.41) is 5.92. The van der Waals surface area contributed by atoms with E-state index in [0.29, 0.717) is 43.3 Å². The summed E-state index contributed by atoms with van der Waals surface area (Å²) in [5.41, 5.74) is 9.10. The summed E-state index contributed by atoms with van der Waals surface area (Å²) in [6, 6.07) is 13.4. The van der Waals surface area contributed by atoms with Crippen molar-refractivity contribution < 1.29 is 23.9 Å². The number of nitrogens with one attached hydrogen (secondary N) is 3. The number of H-pyrrole nitrogens is 1. The van der Waals surface area contributed by atoms with Crippen LogP contribution in [0, 0.1) is 25.7 Å². The first-order valence-electron chi connectivity index (χ1n) is 15.6. The molecule has 2 aromatic carbocycles. The predicted octanol–water partition coefficient (Wildman–Crippen LogP) is 4.41. The number of nitrogens with zero attached hydrogens (tertiary/aromatic N) is 1. The van der Waals surface area contributed by atoms with Crippen LogP contribution in [0.25, 0.3) is 0 Å². The van der Waals surface area contributed by atoms with Gasteiger partial charge in [-0.15, -0.1) is 0 Å². The molecule has 1 saturated carbocycles. The Kier molecular flexibility index (Phi) is 12.9. The largest absolute Gasteiger partial charge is 0.514 e. The van der Waals surface area contributed by atoms with Gasteiger partial charge in [-0.05, 0) is 88.6 Å². The number of amides is 2. The molecule has 4 rings (SSSR count). The number of ether oxygens (including phenoxy) is 2. The highest BCUT2D eigenvalue weighted by atomic mass is 79.9. The number of carbonyl (C=O) groups is 3. The highest BCUT2D eigenvalue weighted by Gasteiger charge is 2.29. The number of halogens is 1. The number of benzene rings is 2. The van der Waals surface area contributed by atoms with Crippen molar-refractivity contribution in [3.05, 3.63) is 91.6 Å². The molecule has 46 heavy (non-hydrogen) atoms. The molecule has 12 heteroatoms. The lowest BCUT2D eigenvalue weighted by Crippen LogP contribution is -2.50. The van der Waals surface area contributed by atoms with Crippen molar-refractivity contribution in [3.63, 3.8) is 0 Å². The Hall–Kier alpha value is -4.03. The topological polar surface area (TPSA) is 166 Å². The molecule has 1 aliphatic rings. The third-order valence-corrected chi connectivity index (χ3v) is 9.09. The molecule has 0 saturated heterocycles. The predicted molar refractivity (Wildman–Crippen MR) is 177 cm³/mol. The molecule has 0 radical (unpaired) electrons. The van der Waals surface area contributed by atoms with Crippen molar-refractivity contribution in [2.45, 2.75) is 71.4 Å². The number of carbonyl (C=O) groups excluding carboxylic acids is 3. The number of nitrogens with two attached hydrogens (primary N) is 1. The Morgan fingerprint density at radius 3 is 2.46 bits per heavy atom. The quantitative estimate of drug-likeness (QED) is 0.116. The average molecular weight is 697 g/mol. The summed E-state index contributed by atoms with van der Waals surface area (Å²) in [6.45, 7) is 4.54. The molecule has 5 N–H and O–H groups in total. The maximum absolute atomic E-state index is 13.4. The SMILES string of the molecule is Cc1nc(C)c(=O)[nH]c1CCCNC(=O)C(Cc1ccc(OC(=O)OCc2ccccc2Br)cc1)NC(=O)C1CCC(CN)CC1. The van der Waals surface area contributed by atoms with E-state index < -0.39 is 12.2 Å². The van der Waals surface area contributed by atoms with Crippen LogP contribution in [0.15, 0.2) is 57.8 Å². The monoisotopic (exact) mass is 695 g/mol. The summed E-state index contributed by atoms with van der Waals surface area (Å²) in [7, 11) is 0. The molecule has 1 heterocycles. The second-order valence-electron chi connectivity index (χ2n) is 11.7. The fourth-order valence-corrected chi connectivity index (χ4v) is 5.90. The van der Waals surface area contributed by atoms with Crippen LogP contribution >= 0.6 is 15.9 Å². The molecule has 1 aromatic heterocycles. The standard InChI is InChI=1S/C34H42BrN5O6/c1-21-29(39-31(41)22(2)38-21)8-5-17-37-33(43)30(40-32(42)25-13-9-24(19-36)10-14-25)18-23-11-15-27(16-12-23)46-34(44)45-20-26-6-3-4-7-28(26)35/h3-4,6-7,11-12,15-16,24-25,30H,5,8-10,13-14,17-20,36H2,1-2H3,(H,37,43)(H,39,41)(H,40,42). The zero-order valence-corrected chi connectivity index (χ0v) is 27.9.